The Bertz CT molecular complexity index is 1230. The van der Waals surface area contributed by atoms with Gasteiger partial charge >= 0.3 is 0 Å². The van der Waals surface area contributed by atoms with Crippen LogP contribution in [0.15, 0.2) is 18.2 Å². The van der Waals surface area contributed by atoms with E-state index >= 15 is 0 Å². The number of carbonyl (C=O) groups excluding carboxylic acids is 2. The number of hydrogen-bond donors (Lipinski definition) is 8. The lowest BCUT2D eigenvalue weighted by molar-refractivity contribution is -0.278. The molecule has 2 amide bonds. The van der Waals surface area contributed by atoms with Crippen molar-refractivity contribution in [2.45, 2.75) is 89.6 Å². The van der Waals surface area contributed by atoms with Crippen molar-refractivity contribution in [1.29, 1.82) is 0 Å². The van der Waals surface area contributed by atoms with E-state index in [4.69, 9.17) is 19.3 Å². The van der Waals surface area contributed by atoms with Crippen molar-refractivity contribution < 1.29 is 49.3 Å². The van der Waals surface area contributed by atoms with Crippen LogP contribution in [0.4, 0.5) is 0 Å². The molecule has 2 heterocycles. The van der Waals surface area contributed by atoms with E-state index in [1.807, 2.05) is 32.9 Å². The molecule has 3 rings (SSSR count). The quantitative estimate of drug-likeness (QED) is 0.135. The monoisotopic (exact) mass is 608 g/mol. The van der Waals surface area contributed by atoms with Gasteiger partial charge in [-0.25, -0.2) is 0 Å². The van der Waals surface area contributed by atoms with E-state index in [2.05, 4.69) is 20.8 Å². The number of nitrogens with zero attached hydrogens (tertiary/aromatic N) is 1. The fourth-order valence-electron chi connectivity index (χ4n) is 4.65. The van der Waals surface area contributed by atoms with Gasteiger partial charge in [-0.05, 0) is 49.9 Å². The third-order valence-corrected chi connectivity index (χ3v) is 7.21. The molecule has 1 aliphatic heterocycles. The van der Waals surface area contributed by atoms with Crippen LogP contribution >= 0.6 is 0 Å². The summed E-state index contributed by atoms with van der Waals surface area (Å²) >= 11 is 0. The Hall–Kier alpha value is -3.27. The number of aliphatic hydroxyl groups excluding tert-OH is 5. The summed E-state index contributed by atoms with van der Waals surface area (Å²) in [6.07, 6.45) is -6.70. The van der Waals surface area contributed by atoms with Crippen LogP contribution in [-0.2, 0) is 20.7 Å². The number of aromatic nitrogens is 2. The minimum Gasteiger partial charge on any atom is -0.493 e. The molecule has 5 atom stereocenters. The molecule has 14 nitrogen and oxygen atoms in total. The van der Waals surface area contributed by atoms with Gasteiger partial charge in [0.1, 0.15) is 35.7 Å². The molecule has 8 N–H and O–H groups in total. The Kier molecular flexibility index (Phi) is 11.9. The molecule has 1 unspecified atom stereocenters. The first-order chi connectivity index (χ1) is 20.3. The van der Waals surface area contributed by atoms with Crippen molar-refractivity contribution in [3.63, 3.8) is 0 Å². The molecule has 14 heteroatoms. The molecule has 0 radical (unpaired) electrons. The number of aliphatic hydroxyl groups is 5. The standard InChI is InChI=1S/C29H44N4O10/c1-15(2)22-19(26(33-32-22)43-27-25(39)24(38)23(37)20(14-35)42-27)13-17-6-7-18(12-16(17)3)41-11-8-21(36)31-29(4,5)28(40)30-9-10-34/h6-7,12,15,20,23-25,27,34-35,37-39H,8-11,13-14H2,1-5H3,(H,30,40)(H,31,36)(H,32,33)/t20-,23-,24+,25-,27?/m1/s1. The molecule has 0 bridgehead atoms. The summed E-state index contributed by atoms with van der Waals surface area (Å²) in [7, 11) is 0. The molecule has 240 valence electrons. The summed E-state index contributed by atoms with van der Waals surface area (Å²) in [5, 5.41) is 61.4. The van der Waals surface area contributed by atoms with Crippen molar-refractivity contribution in [2.24, 2.45) is 0 Å². The predicted octanol–water partition coefficient (Wildman–Crippen LogP) is -0.617. The second kappa shape index (κ2) is 14.9. The minimum absolute atomic E-state index is 0.0307. The number of rotatable bonds is 14. The van der Waals surface area contributed by atoms with Crippen molar-refractivity contribution in [3.8, 4) is 11.6 Å². The molecular weight excluding hydrogens is 564 g/mol. The maximum Gasteiger partial charge on any atom is 0.245 e. The average molecular weight is 609 g/mol. The second-order valence-corrected chi connectivity index (χ2v) is 11.4. The number of carbonyl (C=O) groups is 2. The van der Waals surface area contributed by atoms with Gasteiger partial charge in [-0.3, -0.25) is 14.7 Å². The summed E-state index contributed by atoms with van der Waals surface area (Å²) in [5.41, 5.74) is 2.21. The summed E-state index contributed by atoms with van der Waals surface area (Å²) in [5.74, 6) is 0.0110. The van der Waals surface area contributed by atoms with Gasteiger partial charge in [0.2, 0.25) is 24.0 Å². The summed E-state index contributed by atoms with van der Waals surface area (Å²) < 4.78 is 17.1. The smallest absolute Gasteiger partial charge is 0.245 e. The maximum atomic E-state index is 12.4. The number of H-pyrrole nitrogens is 1. The Morgan fingerprint density at radius 1 is 1.14 bits per heavy atom. The molecule has 1 aliphatic rings. The fraction of sp³-hybridized carbons (Fsp3) is 0.621. The highest BCUT2D eigenvalue weighted by Gasteiger charge is 2.45. The van der Waals surface area contributed by atoms with Gasteiger partial charge in [0.05, 0.1) is 26.2 Å². The number of ether oxygens (including phenoxy) is 3. The van der Waals surface area contributed by atoms with E-state index in [1.54, 1.807) is 19.9 Å². The molecule has 1 aromatic heterocycles. The molecular formula is C29H44N4O10. The number of hydrogen-bond acceptors (Lipinski definition) is 11. The van der Waals surface area contributed by atoms with Crippen LogP contribution in [0.1, 0.15) is 62.4 Å². The van der Waals surface area contributed by atoms with Gasteiger partial charge in [-0.1, -0.05) is 19.9 Å². The lowest BCUT2D eigenvalue weighted by Gasteiger charge is -2.39. The molecule has 1 saturated heterocycles. The third-order valence-electron chi connectivity index (χ3n) is 7.21. The first-order valence-electron chi connectivity index (χ1n) is 14.3. The lowest BCUT2D eigenvalue weighted by Crippen LogP contribution is -2.60. The topological polar surface area (TPSA) is 216 Å². The number of aryl methyl sites for hydroxylation is 1. The molecule has 0 saturated carbocycles. The number of aromatic amines is 1. The number of benzene rings is 1. The van der Waals surface area contributed by atoms with E-state index in [9.17, 15) is 30.0 Å². The molecule has 2 aromatic rings. The lowest BCUT2D eigenvalue weighted by atomic mass is 9.96. The zero-order valence-corrected chi connectivity index (χ0v) is 25.2. The van der Waals surface area contributed by atoms with Crippen LogP contribution in [-0.4, -0.2) is 110 Å². The highest BCUT2D eigenvalue weighted by molar-refractivity contribution is 5.90. The SMILES string of the molecule is Cc1cc(OCCC(=O)NC(C)(C)C(=O)NCCO)ccc1Cc1c(OC2O[C@H](CO)[C@@H](O)[C@H](O)[C@H]2O)n[nH]c1C(C)C. The highest BCUT2D eigenvalue weighted by Crippen LogP contribution is 2.32. The minimum atomic E-state index is -1.58. The van der Waals surface area contributed by atoms with Crippen LogP contribution in [0, 0.1) is 6.92 Å². The van der Waals surface area contributed by atoms with Crippen LogP contribution in [0.25, 0.3) is 0 Å². The van der Waals surface area contributed by atoms with Crippen LogP contribution in [0.5, 0.6) is 11.6 Å². The van der Waals surface area contributed by atoms with E-state index in [0.717, 1.165) is 16.8 Å². The predicted molar refractivity (Wildman–Crippen MR) is 153 cm³/mol. The van der Waals surface area contributed by atoms with Crippen LogP contribution < -0.4 is 20.1 Å². The van der Waals surface area contributed by atoms with Crippen molar-refractivity contribution in [3.05, 3.63) is 40.6 Å². The maximum absolute atomic E-state index is 12.4. The van der Waals surface area contributed by atoms with Crippen molar-refractivity contribution in [1.82, 2.24) is 20.8 Å². The average Bonchev–Trinajstić information content (AvgIpc) is 3.35. The first kappa shape index (κ1) is 34.2. The van der Waals surface area contributed by atoms with Crippen LogP contribution in [0.3, 0.4) is 0 Å². The van der Waals surface area contributed by atoms with Gasteiger partial charge in [0.25, 0.3) is 0 Å². The van der Waals surface area contributed by atoms with Crippen molar-refractivity contribution in [2.75, 3.05) is 26.4 Å². The van der Waals surface area contributed by atoms with E-state index in [1.165, 1.54) is 0 Å². The Labute approximate surface area is 250 Å². The largest absolute Gasteiger partial charge is 0.493 e. The molecule has 1 fully saturated rings. The Balaban J connectivity index is 1.65. The zero-order chi connectivity index (χ0) is 31.9. The van der Waals surface area contributed by atoms with Crippen molar-refractivity contribution >= 4 is 11.8 Å². The van der Waals surface area contributed by atoms with Gasteiger partial charge in [-0.15, -0.1) is 5.10 Å². The molecule has 1 aromatic carbocycles. The number of amides is 2. The van der Waals surface area contributed by atoms with E-state index < -0.39 is 48.8 Å². The van der Waals surface area contributed by atoms with Crippen LogP contribution in [0.2, 0.25) is 0 Å². The molecule has 43 heavy (non-hydrogen) atoms. The number of nitrogens with one attached hydrogen (secondary N) is 3. The molecule has 0 aliphatic carbocycles. The summed E-state index contributed by atoms with van der Waals surface area (Å²) in [6.45, 7) is 8.45. The third kappa shape index (κ3) is 8.65. The zero-order valence-electron chi connectivity index (χ0n) is 25.2. The van der Waals surface area contributed by atoms with Gasteiger partial charge in [0.15, 0.2) is 0 Å². The second-order valence-electron chi connectivity index (χ2n) is 11.4. The normalized spacial score (nSPS) is 22.3. The molecule has 0 spiro atoms. The van der Waals surface area contributed by atoms with Gasteiger partial charge in [-0.2, -0.15) is 0 Å². The van der Waals surface area contributed by atoms with E-state index in [0.29, 0.717) is 17.7 Å². The first-order valence-corrected chi connectivity index (χ1v) is 14.3. The Morgan fingerprint density at radius 2 is 1.86 bits per heavy atom. The summed E-state index contributed by atoms with van der Waals surface area (Å²) in [6, 6.07) is 5.50. The Morgan fingerprint density at radius 3 is 2.49 bits per heavy atom. The van der Waals surface area contributed by atoms with Gasteiger partial charge in [0, 0.05) is 24.2 Å². The van der Waals surface area contributed by atoms with E-state index in [-0.39, 0.29) is 43.9 Å². The highest BCUT2D eigenvalue weighted by atomic mass is 16.7. The fourth-order valence-corrected chi connectivity index (χ4v) is 4.65. The van der Waals surface area contributed by atoms with Gasteiger partial charge < -0.3 is 50.4 Å². The summed E-state index contributed by atoms with van der Waals surface area (Å²) in [4.78, 5) is 24.5.